The van der Waals surface area contributed by atoms with Gasteiger partial charge in [-0.05, 0) is 41.5 Å². The molecule has 0 bridgehead atoms. The Kier molecular flexibility index (Phi) is 27.4. The third-order valence-electron chi connectivity index (χ3n) is 19.3. The van der Waals surface area contributed by atoms with Gasteiger partial charge in [-0.25, -0.2) is 56.9 Å². The van der Waals surface area contributed by atoms with Crippen molar-refractivity contribution in [1.82, 2.24) is 162 Å². The number of nitrogens with one attached hydrogen (secondary N) is 1. The molecule has 714 valence electrons. The van der Waals surface area contributed by atoms with Crippen LogP contribution in [0.4, 0.5) is 122 Å². The number of nitrogen functional groups attached to an aromatic ring is 7. The molecular formula is C72H84N54O12. The van der Waals surface area contributed by atoms with Gasteiger partial charge in [0.15, 0.2) is 104 Å². The quantitative estimate of drug-likeness (QED) is 0.0192. The number of aryl methyl sites for hydroxylation is 12. The highest BCUT2D eigenvalue weighted by atomic mass is 16.5. The standard InChI is InChI=1S/C25H30N18O4.C24H28N18O4.C23H26N18O4/c1-11-15(33-35-19-13(21(44)46-7)9-28-40(19)5)17(26)42(37-11)24-30-23(39(3)4)31-25(32-24)43-18(27)16(12(2)38-43)34-36-20-14(22(45)47-8)10-29-41(20)6;1-10-14(33-35-18-12(20(43)45-6)8-28-39(18)4)16(25)41(37-10)23-30-22(27-3)31-24(32-23)42-17(26)15(11(2)38-42)34-36-19-13(21(44)46-7)9-29-40(19)5;1-9-13(32-34-17-11(19(42)44-5)7-27-38(17)3)15(24)40(36-9)22-29-21(26)30-23(31-22)41-16(25)14(10(2)37-41)33-35-18-12(20(43)45-6)8-28-39(18)4/h9-10H,26-27H2,1-8H3;8-9H,25-26H2,1-7H3,(H,27,30,31,32);7-8H,24-25H2,1-6H3,(H2,26,29,30,31). The summed E-state index contributed by atoms with van der Waals surface area (Å²) in [5, 5.41) is 104. The summed E-state index contributed by atoms with van der Waals surface area (Å²) < 4.78 is 44.2. The molecule has 66 heteroatoms. The van der Waals surface area contributed by atoms with Crippen molar-refractivity contribution in [2.45, 2.75) is 41.5 Å². The van der Waals surface area contributed by atoms with Crippen LogP contribution in [0.1, 0.15) is 96.3 Å². The summed E-state index contributed by atoms with van der Waals surface area (Å²) in [5.74, 6) is -2.62. The number of aromatic nitrogens is 33. The highest BCUT2D eigenvalue weighted by Gasteiger charge is 2.31. The Morgan fingerprint density at radius 1 is 0.283 bits per heavy atom. The molecule has 66 nitrogen and oxygen atoms in total. The number of carbonyl (C=O) groups is 6. The van der Waals surface area contributed by atoms with Gasteiger partial charge in [0, 0.05) is 63.4 Å². The Labute approximate surface area is 773 Å². The van der Waals surface area contributed by atoms with Crippen LogP contribution in [0.25, 0.3) is 35.7 Å². The molecule has 0 unspecified atom stereocenters. The van der Waals surface area contributed by atoms with Gasteiger partial charge in [0.1, 0.15) is 33.4 Å². The number of ether oxygens (including phenoxy) is 6. The number of azo groups is 6. The molecule has 0 radical (unpaired) electrons. The molecule has 0 aromatic carbocycles. The largest absolute Gasteiger partial charge is 0.465 e. The van der Waals surface area contributed by atoms with Gasteiger partial charge in [-0.3, -0.25) is 0 Å². The van der Waals surface area contributed by atoms with Crippen molar-refractivity contribution in [3.8, 4) is 35.7 Å². The fourth-order valence-corrected chi connectivity index (χ4v) is 12.2. The van der Waals surface area contributed by atoms with Crippen LogP contribution < -0.4 is 50.4 Å². The first-order chi connectivity index (χ1) is 65.8. The predicted molar refractivity (Wildman–Crippen MR) is 478 cm³/mol. The van der Waals surface area contributed by atoms with Crippen LogP contribution in [0.3, 0.4) is 0 Å². The zero-order valence-electron chi connectivity index (χ0n) is 77.0. The van der Waals surface area contributed by atoms with Crippen molar-refractivity contribution < 1.29 is 57.2 Å². The molecule has 0 saturated heterocycles. The van der Waals surface area contributed by atoms with E-state index in [1.807, 2.05) is 0 Å². The van der Waals surface area contributed by atoms with Crippen LogP contribution in [-0.4, -0.2) is 262 Å². The molecule has 0 fully saturated rings. The number of nitrogens with zero attached hydrogens (tertiary/aromatic N) is 46. The number of hydrogen-bond acceptors (Lipinski definition) is 54. The first kappa shape index (κ1) is 95.7. The summed E-state index contributed by atoms with van der Waals surface area (Å²) >= 11 is 0. The molecule has 15 aromatic rings. The normalized spacial score (nSPS) is 11.6. The molecule has 15 N–H and O–H groups in total. The molecule has 15 rings (SSSR count). The monoisotopic (exact) mass is 1900 g/mol. The average Bonchev–Trinajstić information content (AvgIpc) is 1.63. The second-order valence-electron chi connectivity index (χ2n) is 28.5. The van der Waals surface area contributed by atoms with E-state index in [-0.39, 0.29) is 191 Å². The number of carbonyl (C=O) groups excluding carboxylic acids is 6. The molecular weight excluding hydrogens is 1810 g/mol. The van der Waals surface area contributed by atoms with Crippen molar-refractivity contribution in [3.63, 3.8) is 0 Å². The number of anilines is 9. The minimum Gasteiger partial charge on any atom is -0.465 e. The van der Waals surface area contributed by atoms with Gasteiger partial charge in [0.25, 0.3) is 35.7 Å². The maximum absolute atomic E-state index is 12.1. The Balaban J connectivity index is 0.000000175. The molecule has 15 heterocycles. The fraction of sp³-hybridized carbons (Fsp3) is 0.292. The maximum atomic E-state index is 12.1. The molecule has 0 saturated carbocycles. The minimum absolute atomic E-state index is 0.000479. The average molecular weight is 1900 g/mol. The number of hydrogen-bond donors (Lipinski definition) is 8. The smallest absolute Gasteiger partial charge is 0.343 e. The van der Waals surface area contributed by atoms with Crippen molar-refractivity contribution in [2.75, 3.05) is 114 Å². The second kappa shape index (κ2) is 39.5. The topological polar surface area (TPSA) is 833 Å². The van der Waals surface area contributed by atoms with Gasteiger partial charge < -0.3 is 78.8 Å². The Morgan fingerprint density at radius 2 is 0.457 bits per heavy atom. The Bertz CT molecular complexity index is 7060. The Morgan fingerprint density at radius 3 is 0.623 bits per heavy atom. The van der Waals surface area contributed by atoms with Crippen LogP contribution >= 0.6 is 0 Å². The summed E-state index contributed by atoms with van der Waals surface area (Å²) in [5.41, 5.74) is 48.6. The third-order valence-corrected chi connectivity index (χ3v) is 19.3. The van der Waals surface area contributed by atoms with Gasteiger partial charge in [0.05, 0.1) is 114 Å². The molecule has 0 aliphatic heterocycles. The molecule has 0 spiro atoms. The zero-order chi connectivity index (χ0) is 100. The summed E-state index contributed by atoms with van der Waals surface area (Å²) in [6.07, 6.45) is 7.90. The summed E-state index contributed by atoms with van der Waals surface area (Å²) in [6, 6.07) is 0. The van der Waals surface area contributed by atoms with Gasteiger partial charge in [-0.15, -0.1) is 61.4 Å². The zero-order valence-corrected chi connectivity index (χ0v) is 77.0. The lowest BCUT2D eigenvalue weighted by molar-refractivity contribution is 0.0592. The van der Waals surface area contributed by atoms with Gasteiger partial charge in [-0.1, -0.05) is 0 Å². The van der Waals surface area contributed by atoms with Crippen molar-refractivity contribution in [2.24, 2.45) is 104 Å². The molecule has 0 amide bonds. The van der Waals surface area contributed by atoms with E-state index in [1.54, 1.807) is 110 Å². The lowest BCUT2D eigenvalue weighted by atomic mass is 10.3. The molecule has 0 aliphatic carbocycles. The van der Waals surface area contributed by atoms with E-state index in [9.17, 15) is 28.8 Å². The van der Waals surface area contributed by atoms with Crippen molar-refractivity contribution >= 4 is 158 Å². The number of rotatable bonds is 26. The van der Waals surface area contributed by atoms with Crippen molar-refractivity contribution in [3.05, 3.63) is 105 Å². The van der Waals surface area contributed by atoms with Crippen LogP contribution in [0.15, 0.2) is 98.6 Å². The SMILES string of the molecule is CNc1nc(-n2nc(C)c(N=Nc3c(C(=O)OC)cnn3C)c2N)nc(-n2nc(C)c(N=Nc3c(C(=O)OC)cnn3C)c2N)n1.COC(=O)c1cnn(C)c1N=Nc1c(C)nn(-c2nc(N(C)C)nc(-n3nc(C)c(N=Nc4c(C(=O)OC)cnn4C)c3N)n2)c1N.COC(=O)c1cnn(C)c1N=Nc1c(C)nn(-c2nc(N)nc(-n3nc(C)c(N=Nc4c(C(=O)OC)cnn4C)c3N)n2)c1N. The van der Waals surface area contributed by atoms with E-state index in [0.717, 1.165) is 0 Å². The van der Waals surface area contributed by atoms with Crippen molar-refractivity contribution in [1.29, 1.82) is 0 Å². The summed E-state index contributed by atoms with van der Waals surface area (Å²) in [4.78, 5) is 114. The van der Waals surface area contributed by atoms with Crippen LogP contribution in [0, 0.1) is 41.5 Å². The van der Waals surface area contributed by atoms with E-state index in [2.05, 4.69) is 173 Å². The second-order valence-corrected chi connectivity index (χ2v) is 28.5. The summed E-state index contributed by atoms with van der Waals surface area (Å²) in [6.45, 7) is 9.93. The molecule has 0 aliphatic rings. The number of esters is 6. The fourth-order valence-electron chi connectivity index (χ4n) is 12.2. The molecule has 0 atom stereocenters. The number of methoxy groups -OCH3 is 6. The lowest BCUT2D eigenvalue weighted by Gasteiger charge is -2.13. The van der Waals surface area contributed by atoms with Crippen LogP contribution in [0.5, 0.6) is 0 Å². The molecule has 15 aromatic heterocycles. The predicted octanol–water partition coefficient (Wildman–Crippen LogP) is 5.38. The lowest BCUT2D eigenvalue weighted by Crippen LogP contribution is -2.19. The van der Waals surface area contributed by atoms with Gasteiger partial charge in [0.2, 0.25) is 17.8 Å². The van der Waals surface area contributed by atoms with E-state index in [1.165, 1.54) is 136 Å². The van der Waals surface area contributed by atoms with E-state index >= 15 is 0 Å². The van der Waals surface area contributed by atoms with E-state index in [0.29, 0.717) is 34.2 Å². The van der Waals surface area contributed by atoms with Gasteiger partial charge >= 0.3 is 35.8 Å². The third kappa shape index (κ3) is 18.8. The van der Waals surface area contributed by atoms with Gasteiger partial charge in [-0.2, -0.15) is 134 Å². The molecule has 138 heavy (non-hydrogen) atoms. The van der Waals surface area contributed by atoms with E-state index < -0.39 is 35.8 Å². The highest BCUT2D eigenvalue weighted by molar-refractivity contribution is 5.97. The first-order valence-electron chi connectivity index (χ1n) is 39.4. The van der Waals surface area contributed by atoms with Crippen LogP contribution in [0.2, 0.25) is 0 Å². The Hall–Kier alpha value is -19.8. The number of nitrogens with two attached hydrogens (primary N) is 7. The summed E-state index contributed by atoms with van der Waals surface area (Å²) in [7, 11) is 22.1. The van der Waals surface area contributed by atoms with E-state index in [4.69, 9.17) is 68.6 Å². The van der Waals surface area contributed by atoms with Crippen LogP contribution in [-0.2, 0) is 70.7 Å². The highest BCUT2D eigenvalue weighted by Crippen LogP contribution is 2.39. The first-order valence-corrected chi connectivity index (χ1v) is 39.4. The minimum atomic E-state index is -0.633. The maximum Gasteiger partial charge on any atom is 0.343 e.